The quantitative estimate of drug-likeness (QED) is 0.565. The van der Waals surface area contributed by atoms with Crippen LogP contribution in [0.3, 0.4) is 0 Å². The Kier molecular flexibility index (Phi) is 1.50. The Labute approximate surface area is 76.7 Å². The molecular formula is C10H12O3. The van der Waals surface area contributed by atoms with Gasteiger partial charge in [0, 0.05) is 18.4 Å². The topological polar surface area (TPSA) is 35.5 Å². The van der Waals surface area contributed by atoms with Crippen LogP contribution in [0.4, 0.5) is 0 Å². The Balaban J connectivity index is 1.98. The van der Waals surface area contributed by atoms with E-state index < -0.39 is 0 Å². The van der Waals surface area contributed by atoms with Crippen LogP contribution in [0.2, 0.25) is 0 Å². The zero-order chi connectivity index (χ0) is 8.84. The third kappa shape index (κ3) is 0.967. The molecular weight excluding hydrogens is 168 g/mol. The molecule has 13 heavy (non-hydrogen) atoms. The van der Waals surface area contributed by atoms with Gasteiger partial charge in [-0.25, -0.2) is 0 Å². The van der Waals surface area contributed by atoms with Crippen LogP contribution < -0.4 is 0 Å². The van der Waals surface area contributed by atoms with Gasteiger partial charge in [0.1, 0.15) is 5.76 Å². The molecule has 1 saturated heterocycles. The van der Waals surface area contributed by atoms with Gasteiger partial charge in [0.05, 0.1) is 12.5 Å². The summed E-state index contributed by atoms with van der Waals surface area (Å²) < 4.78 is 11.0. The Morgan fingerprint density at radius 3 is 3.15 bits per heavy atom. The van der Waals surface area contributed by atoms with Crippen LogP contribution in [-0.2, 0) is 14.3 Å². The molecule has 0 aromatic rings. The SMILES string of the molecule is O=C1CCCC2=C1[C@H]1CCO[C@H]1O2. The van der Waals surface area contributed by atoms with Gasteiger partial charge in [-0.2, -0.15) is 0 Å². The highest BCUT2D eigenvalue weighted by Crippen LogP contribution is 2.43. The first-order valence-electron chi connectivity index (χ1n) is 4.91. The molecule has 0 radical (unpaired) electrons. The van der Waals surface area contributed by atoms with E-state index in [4.69, 9.17) is 9.47 Å². The van der Waals surface area contributed by atoms with Gasteiger partial charge in [-0.15, -0.1) is 0 Å². The second-order valence-electron chi connectivity index (χ2n) is 3.87. The molecule has 3 aliphatic rings. The van der Waals surface area contributed by atoms with Crippen molar-refractivity contribution in [3.8, 4) is 0 Å². The molecule has 0 unspecified atom stereocenters. The summed E-state index contributed by atoms with van der Waals surface area (Å²) in [5.74, 6) is 1.47. The highest BCUT2D eigenvalue weighted by molar-refractivity contribution is 5.97. The van der Waals surface area contributed by atoms with Crippen molar-refractivity contribution in [2.75, 3.05) is 6.61 Å². The van der Waals surface area contributed by atoms with Crippen molar-refractivity contribution < 1.29 is 14.3 Å². The minimum Gasteiger partial charge on any atom is -0.468 e. The number of allylic oxidation sites excluding steroid dienone is 1. The normalized spacial score (nSPS) is 37.4. The molecule has 3 nitrogen and oxygen atoms in total. The van der Waals surface area contributed by atoms with E-state index >= 15 is 0 Å². The first-order valence-corrected chi connectivity index (χ1v) is 4.91. The van der Waals surface area contributed by atoms with Crippen molar-refractivity contribution in [2.45, 2.75) is 32.0 Å². The van der Waals surface area contributed by atoms with E-state index in [-0.39, 0.29) is 12.2 Å². The van der Waals surface area contributed by atoms with E-state index in [1.807, 2.05) is 0 Å². The fourth-order valence-electron chi connectivity index (χ4n) is 2.47. The second-order valence-corrected chi connectivity index (χ2v) is 3.87. The Bertz CT molecular complexity index is 293. The second kappa shape index (κ2) is 2.58. The average Bonchev–Trinajstić information content (AvgIpc) is 2.62. The van der Waals surface area contributed by atoms with Gasteiger partial charge >= 0.3 is 0 Å². The van der Waals surface area contributed by atoms with E-state index in [9.17, 15) is 4.79 Å². The number of Topliss-reactive ketones (excluding diaryl/α,β-unsaturated/α-hetero) is 1. The number of ether oxygens (including phenoxy) is 2. The van der Waals surface area contributed by atoms with Crippen molar-refractivity contribution in [3.05, 3.63) is 11.3 Å². The van der Waals surface area contributed by atoms with Crippen LogP contribution in [0.5, 0.6) is 0 Å². The van der Waals surface area contributed by atoms with Crippen LogP contribution in [0, 0.1) is 5.92 Å². The molecule has 0 saturated carbocycles. The first kappa shape index (κ1) is 7.56. The lowest BCUT2D eigenvalue weighted by atomic mass is 9.88. The van der Waals surface area contributed by atoms with Crippen LogP contribution >= 0.6 is 0 Å². The summed E-state index contributed by atoms with van der Waals surface area (Å²) in [6, 6.07) is 0. The lowest BCUT2D eigenvalue weighted by molar-refractivity contribution is -0.116. The van der Waals surface area contributed by atoms with Crippen LogP contribution in [0.1, 0.15) is 25.7 Å². The maximum atomic E-state index is 11.6. The third-order valence-electron chi connectivity index (χ3n) is 3.08. The Morgan fingerprint density at radius 2 is 2.23 bits per heavy atom. The van der Waals surface area contributed by atoms with E-state index in [1.165, 1.54) is 0 Å². The zero-order valence-corrected chi connectivity index (χ0v) is 7.41. The van der Waals surface area contributed by atoms with E-state index in [0.29, 0.717) is 12.2 Å². The van der Waals surface area contributed by atoms with E-state index in [1.54, 1.807) is 0 Å². The summed E-state index contributed by atoms with van der Waals surface area (Å²) >= 11 is 0. The highest BCUT2D eigenvalue weighted by Gasteiger charge is 2.44. The number of carbonyl (C=O) groups is 1. The minimum absolute atomic E-state index is 0.132. The maximum absolute atomic E-state index is 11.6. The number of hydrogen-bond acceptors (Lipinski definition) is 3. The van der Waals surface area contributed by atoms with Crippen LogP contribution in [-0.4, -0.2) is 18.7 Å². The van der Waals surface area contributed by atoms with Crippen molar-refractivity contribution in [3.63, 3.8) is 0 Å². The Morgan fingerprint density at radius 1 is 1.31 bits per heavy atom. The monoisotopic (exact) mass is 180 g/mol. The number of fused-ring (bicyclic) bond motifs is 2. The molecule has 3 rings (SSSR count). The minimum atomic E-state index is -0.132. The summed E-state index contributed by atoms with van der Waals surface area (Å²) in [6.07, 6.45) is 3.39. The van der Waals surface area contributed by atoms with Crippen molar-refractivity contribution in [2.24, 2.45) is 5.92 Å². The van der Waals surface area contributed by atoms with E-state index in [0.717, 1.165) is 37.2 Å². The summed E-state index contributed by atoms with van der Waals surface area (Å²) in [6.45, 7) is 0.736. The molecule has 0 aromatic heterocycles. The van der Waals surface area contributed by atoms with Gasteiger partial charge in [0.2, 0.25) is 6.29 Å². The molecule has 2 heterocycles. The van der Waals surface area contributed by atoms with Gasteiger partial charge in [0.15, 0.2) is 5.78 Å². The summed E-state index contributed by atoms with van der Waals surface area (Å²) in [7, 11) is 0. The van der Waals surface area contributed by atoms with Gasteiger partial charge in [-0.05, 0) is 12.8 Å². The summed E-state index contributed by atoms with van der Waals surface area (Å²) in [5.41, 5.74) is 0.953. The molecule has 0 aromatic carbocycles. The fourth-order valence-corrected chi connectivity index (χ4v) is 2.47. The molecule has 0 spiro atoms. The first-order chi connectivity index (χ1) is 6.36. The smallest absolute Gasteiger partial charge is 0.206 e. The van der Waals surface area contributed by atoms with Gasteiger partial charge < -0.3 is 9.47 Å². The molecule has 2 aliphatic heterocycles. The lowest BCUT2D eigenvalue weighted by Gasteiger charge is -2.13. The lowest BCUT2D eigenvalue weighted by Crippen LogP contribution is -2.17. The fraction of sp³-hybridized carbons (Fsp3) is 0.700. The summed E-state index contributed by atoms with van der Waals surface area (Å²) in [4.78, 5) is 11.6. The molecule has 0 bridgehead atoms. The molecule has 0 amide bonds. The number of carbonyl (C=O) groups excluding carboxylic acids is 1. The zero-order valence-electron chi connectivity index (χ0n) is 7.41. The standard InChI is InChI=1S/C10H12O3/c11-7-2-1-3-8-9(7)6-4-5-12-10(6)13-8/h6,10H,1-5H2/t6-,10+/m1/s1. The van der Waals surface area contributed by atoms with Gasteiger partial charge in [-0.1, -0.05) is 0 Å². The predicted molar refractivity (Wildman–Crippen MR) is 44.8 cm³/mol. The highest BCUT2D eigenvalue weighted by atomic mass is 16.7. The van der Waals surface area contributed by atoms with Gasteiger partial charge in [-0.3, -0.25) is 4.79 Å². The van der Waals surface area contributed by atoms with Crippen molar-refractivity contribution >= 4 is 5.78 Å². The number of rotatable bonds is 0. The van der Waals surface area contributed by atoms with Gasteiger partial charge in [0.25, 0.3) is 0 Å². The number of ketones is 1. The number of hydrogen-bond donors (Lipinski definition) is 0. The molecule has 1 aliphatic carbocycles. The van der Waals surface area contributed by atoms with E-state index in [2.05, 4.69) is 0 Å². The summed E-state index contributed by atoms with van der Waals surface area (Å²) in [5, 5.41) is 0. The van der Waals surface area contributed by atoms with Crippen molar-refractivity contribution in [1.82, 2.24) is 0 Å². The van der Waals surface area contributed by atoms with Crippen LogP contribution in [0.15, 0.2) is 11.3 Å². The third-order valence-corrected chi connectivity index (χ3v) is 3.08. The van der Waals surface area contributed by atoms with Crippen LogP contribution in [0.25, 0.3) is 0 Å². The predicted octanol–water partition coefficient (Wildman–Crippen LogP) is 1.39. The molecule has 70 valence electrons. The molecule has 1 fully saturated rings. The average molecular weight is 180 g/mol. The van der Waals surface area contributed by atoms with Crippen molar-refractivity contribution in [1.29, 1.82) is 0 Å². The molecule has 0 N–H and O–H groups in total. The molecule has 2 atom stereocenters. The molecule has 3 heteroatoms. The largest absolute Gasteiger partial charge is 0.468 e. The Hall–Kier alpha value is -0.830. The maximum Gasteiger partial charge on any atom is 0.206 e.